The molecule has 2 aliphatic carbocycles. The molecule has 0 aliphatic heterocycles. The maximum Gasteiger partial charge on any atom is 0.159 e. The lowest BCUT2D eigenvalue weighted by Gasteiger charge is -2.08. The lowest BCUT2D eigenvalue weighted by Crippen LogP contribution is -2.04. The highest BCUT2D eigenvalue weighted by atomic mass is 16.3. The Morgan fingerprint density at radius 3 is 1.94 bits per heavy atom. The van der Waals surface area contributed by atoms with Gasteiger partial charge in [0.1, 0.15) is 0 Å². The molecule has 0 saturated heterocycles. The summed E-state index contributed by atoms with van der Waals surface area (Å²) in [7, 11) is 0. The number of aliphatic hydroxyl groups excluding tert-OH is 1. The predicted octanol–water partition coefficient (Wildman–Crippen LogP) is 4.16. The third kappa shape index (κ3) is 4.18. The fourth-order valence-electron chi connectivity index (χ4n) is 3.31. The Balaban J connectivity index is 1.74. The van der Waals surface area contributed by atoms with Crippen molar-refractivity contribution < 1.29 is 9.90 Å². The first-order chi connectivity index (χ1) is 8.24. The van der Waals surface area contributed by atoms with Gasteiger partial charge in [0.25, 0.3) is 0 Å². The van der Waals surface area contributed by atoms with Crippen LogP contribution in [0.25, 0.3) is 0 Å². The van der Waals surface area contributed by atoms with Gasteiger partial charge in [-0.05, 0) is 11.8 Å². The van der Waals surface area contributed by atoms with Crippen molar-refractivity contribution in [1.82, 2.24) is 0 Å². The topological polar surface area (TPSA) is 37.3 Å². The zero-order valence-electron chi connectivity index (χ0n) is 10.7. The largest absolute Gasteiger partial charge is 0.512 e. The van der Waals surface area contributed by atoms with Crippen LogP contribution in [0.15, 0.2) is 11.8 Å². The molecule has 2 fully saturated rings. The first-order valence-electron chi connectivity index (χ1n) is 7.16. The first kappa shape index (κ1) is 12.7. The standard InChI is InChI=1S/C15H24O2/c16-14(9-12-5-1-2-6-12)11-15(17)10-13-7-3-4-8-13/h11-13,16H,1-10H2/b14-11-. The summed E-state index contributed by atoms with van der Waals surface area (Å²) in [6.07, 6.45) is 12.8. The molecule has 0 aromatic heterocycles. The van der Waals surface area contributed by atoms with E-state index in [1.807, 2.05) is 0 Å². The Labute approximate surface area is 104 Å². The first-order valence-corrected chi connectivity index (χ1v) is 7.16. The van der Waals surface area contributed by atoms with Crippen molar-refractivity contribution in [3.05, 3.63) is 11.8 Å². The quantitative estimate of drug-likeness (QED) is 0.575. The van der Waals surface area contributed by atoms with Crippen LogP contribution in [0.2, 0.25) is 0 Å². The van der Waals surface area contributed by atoms with Crippen LogP contribution in [0.5, 0.6) is 0 Å². The molecule has 0 bridgehead atoms. The minimum Gasteiger partial charge on any atom is -0.512 e. The van der Waals surface area contributed by atoms with E-state index in [0.717, 1.165) is 6.42 Å². The van der Waals surface area contributed by atoms with Gasteiger partial charge >= 0.3 is 0 Å². The molecule has 1 N–H and O–H groups in total. The Morgan fingerprint density at radius 2 is 1.41 bits per heavy atom. The molecule has 0 radical (unpaired) electrons. The third-order valence-electron chi connectivity index (χ3n) is 4.26. The molecule has 0 atom stereocenters. The molecule has 2 aliphatic rings. The minimum absolute atomic E-state index is 0.132. The minimum atomic E-state index is 0.132. The second kappa shape index (κ2) is 6.23. The molecule has 2 nitrogen and oxygen atoms in total. The van der Waals surface area contributed by atoms with Gasteiger partial charge in [0.05, 0.1) is 5.76 Å². The number of carbonyl (C=O) groups excluding carboxylic acids is 1. The monoisotopic (exact) mass is 236 g/mol. The normalized spacial score (nSPS) is 23.4. The van der Waals surface area contributed by atoms with E-state index >= 15 is 0 Å². The maximum atomic E-state index is 11.7. The molecule has 0 heterocycles. The van der Waals surface area contributed by atoms with Gasteiger partial charge in [-0.2, -0.15) is 0 Å². The van der Waals surface area contributed by atoms with Crippen molar-refractivity contribution in [3.8, 4) is 0 Å². The highest BCUT2D eigenvalue weighted by Crippen LogP contribution is 2.30. The van der Waals surface area contributed by atoms with Gasteiger partial charge in [-0.15, -0.1) is 0 Å². The molecule has 0 spiro atoms. The molecular formula is C15H24O2. The summed E-state index contributed by atoms with van der Waals surface area (Å²) in [6, 6.07) is 0. The average molecular weight is 236 g/mol. The summed E-state index contributed by atoms with van der Waals surface area (Å²) in [5.74, 6) is 1.65. The molecular weight excluding hydrogens is 212 g/mol. The van der Waals surface area contributed by atoms with Crippen molar-refractivity contribution in [2.24, 2.45) is 11.8 Å². The Morgan fingerprint density at radius 1 is 0.941 bits per heavy atom. The van der Waals surface area contributed by atoms with Crippen molar-refractivity contribution in [1.29, 1.82) is 0 Å². The van der Waals surface area contributed by atoms with Crippen molar-refractivity contribution >= 4 is 5.78 Å². The highest BCUT2D eigenvalue weighted by molar-refractivity contribution is 5.90. The van der Waals surface area contributed by atoms with Crippen LogP contribution >= 0.6 is 0 Å². The molecule has 2 saturated carbocycles. The summed E-state index contributed by atoms with van der Waals surface area (Å²) < 4.78 is 0. The van der Waals surface area contributed by atoms with Gasteiger partial charge in [-0.1, -0.05) is 51.4 Å². The SMILES string of the molecule is O=C(/C=C(\O)CC1CCCC1)CC1CCCC1. The molecule has 2 rings (SSSR count). The van der Waals surface area contributed by atoms with E-state index in [9.17, 15) is 9.90 Å². The number of hydrogen-bond acceptors (Lipinski definition) is 2. The van der Waals surface area contributed by atoms with E-state index in [1.54, 1.807) is 0 Å². The van der Waals surface area contributed by atoms with E-state index in [0.29, 0.717) is 24.0 Å². The molecule has 0 unspecified atom stereocenters. The molecule has 2 heteroatoms. The second-order valence-corrected chi connectivity index (χ2v) is 5.81. The van der Waals surface area contributed by atoms with Crippen LogP contribution in [0, 0.1) is 11.8 Å². The number of aliphatic hydroxyl groups is 1. The Bertz CT molecular complexity index is 281. The summed E-state index contributed by atoms with van der Waals surface area (Å²) in [6.45, 7) is 0. The van der Waals surface area contributed by atoms with E-state index in [4.69, 9.17) is 0 Å². The van der Waals surface area contributed by atoms with Crippen LogP contribution in [-0.2, 0) is 4.79 Å². The van der Waals surface area contributed by atoms with Gasteiger partial charge in [0.2, 0.25) is 0 Å². The van der Waals surface area contributed by atoms with Crippen molar-refractivity contribution in [2.75, 3.05) is 0 Å². The van der Waals surface area contributed by atoms with Gasteiger partial charge in [0.15, 0.2) is 5.78 Å². The summed E-state index contributed by atoms with van der Waals surface area (Å²) in [5.41, 5.74) is 0. The zero-order chi connectivity index (χ0) is 12.1. The number of ketones is 1. The van der Waals surface area contributed by atoms with Crippen LogP contribution in [0.4, 0.5) is 0 Å². The van der Waals surface area contributed by atoms with Crippen LogP contribution in [0.3, 0.4) is 0 Å². The van der Waals surface area contributed by atoms with Crippen molar-refractivity contribution in [3.63, 3.8) is 0 Å². The van der Waals surface area contributed by atoms with E-state index in [2.05, 4.69) is 0 Å². The van der Waals surface area contributed by atoms with Crippen LogP contribution in [0.1, 0.15) is 64.2 Å². The fraction of sp³-hybridized carbons (Fsp3) is 0.800. The van der Waals surface area contributed by atoms with Gasteiger partial charge < -0.3 is 5.11 Å². The third-order valence-corrected chi connectivity index (χ3v) is 4.26. The van der Waals surface area contributed by atoms with Crippen LogP contribution in [-0.4, -0.2) is 10.9 Å². The molecule has 0 aromatic rings. The molecule has 17 heavy (non-hydrogen) atoms. The average Bonchev–Trinajstić information content (AvgIpc) is 2.90. The summed E-state index contributed by atoms with van der Waals surface area (Å²) >= 11 is 0. The van der Waals surface area contributed by atoms with Gasteiger partial charge in [-0.25, -0.2) is 0 Å². The zero-order valence-corrected chi connectivity index (χ0v) is 10.7. The molecule has 96 valence electrons. The number of hydrogen-bond donors (Lipinski definition) is 1. The summed E-state index contributed by atoms with van der Waals surface area (Å²) in [4.78, 5) is 11.7. The van der Waals surface area contributed by atoms with Gasteiger partial charge in [0, 0.05) is 18.9 Å². The van der Waals surface area contributed by atoms with Gasteiger partial charge in [-0.3, -0.25) is 4.79 Å². The van der Waals surface area contributed by atoms with E-state index in [1.165, 1.54) is 57.4 Å². The lowest BCUT2D eigenvalue weighted by atomic mass is 9.98. The summed E-state index contributed by atoms with van der Waals surface area (Å²) in [5, 5.41) is 9.79. The maximum absolute atomic E-state index is 11.7. The molecule has 0 aromatic carbocycles. The van der Waals surface area contributed by atoms with E-state index < -0.39 is 0 Å². The fourth-order valence-corrected chi connectivity index (χ4v) is 3.31. The Hall–Kier alpha value is -0.790. The number of carbonyl (C=O) groups is 1. The predicted molar refractivity (Wildman–Crippen MR) is 68.9 cm³/mol. The van der Waals surface area contributed by atoms with E-state index in [-0.39, 0.29) is 5.78 Å². The van der Waals surface area contributed by atoms with Crippen LogP contribution < -0.4 is 0 Å². The number of allylic oxidation sites excluding steroid dienone is 2. The number of rotatable bonds is 5. The molecule has 0 amide bonds. The highest BCUT2D eigenvalue weighted by Gasteiger charge is 2.19. The second-order valence-electron chi connectivity index (χ2n) is 5.81. The lowest BCUT2D eigenvalue weighted by molar-refractivity contribution is -0.115. The smallest absolute Gasteiger partial charge is 0.159 e. The Kier molecular flexibility index (Phi) is 4.64. The van der Waals surface area contributed by atoms with Crippen molar-refractivity contribution in [2.45, 2.75) is 64.2 Å².